The molecule has 0 spiro atoms. The molecular formula is C21H34BN3O4. The standard InChI is InChI=1S/C21H34BN3O4/c1-19(2,3)27-18(26)25-15-8-9-16(25)11-17(10-15)24-13-14(12-23-24)22-28-20(4,5)21(6,7)29-22/h12-13,15-17H,8-11H2,1-7H3/t15-,16+,17-. The van der Waals surface area contributed by atoms with Crippen molar-refractivity contribution in [1.29, 1.82) is 0 Å². The van der Waals surface area contributed by atoms with Crippen molar-refractivity contribution in [2.45, 2.75) is 109 Å². The van der Waals surface area contributed by atoms with E-state index < -0.39 is 12.7 Å². The molecule has 0 saturated carbocycles. The van der Waals surface area contributed by atoms with Crippen molar-refractivity contribution in [2.75, 3.05) is 0 Å². The smallest absolute Gasteiger partial charge is 0.444 e. The van der Waals surface area contributed by atoms with Gasteiger partial charge in [-0.1, -0.05) is 0 Å². The number of piperidine rings is 1. The van der Waals surface area contributed by atoms with Gasteiger partial charge in [0.2, 0.25) is 0 Å². The van der Waals surface area contributed by atoms with Crippen LogP contribution in [0.1, 0.15) is 80.2 Å². The van der Waals surface area contributed by atoms with E-state index in [0.29, 0.717) is 0 Å². The van der Waals surface area contributed by atoms with Gasteiger partial charge in [0.1, 0.15) is 5.60 Å². The Kier molecular flexibility index (Phi) is 4.82. The molecule has 3 saturated heterocycles. The molecule has 0 N–H and O–H groups in total. The maximum absolute atomic E-state index is 12.7. The summed E-state index contributed by atoms with van der Waals surface area (Å²) in [6, 6.07) is 0.721. The summed E-state index contributed by atoms with van der Waals surface area (Å²) in [6.07, 6.45) is 7.60. The molecule has 2 bridgehead atoms. The van der Waals surface area contributed by atoms with Gasteiger partial charge < -0.3 is 18.9 Å². The Hall–Kier alpha value is -1.54. The molecule has 4 rings (SSSR count). The number of hydrogen-bond acceptors (Lipinski definition) is 5. The highest BCUT2D eigenvalue weighted by Crippen LogP contribution is 2.41. The lowest BCUT2D eigenvalue weighted by Crippen LogP contribution is -2.48. The monoisotopic (exact) mass is 403 g/mol. The predicted molar refractivity (Wildman–Crippen MR) is 111 cm³/mol. The van der Waals surface area contributed by atoms with E-state index in [1.165, 1.54) is 0 Å². The topological polar surface area (TPSA) is 65.8 Å². The molecule has 3 fully saturated rings. The number of amides is 1. The molecule has 29 heavy (non-hydrogen) atoms. The summed E-state index contributed by atoms with van der Waals surface area (Å²) in [6.45, 7) is 14.0. The Balaban J connectivity index is 1.44. The minimum atomic E-state index is -0.465. The fourth-order valence-corrected chi connectivity index (χ4v) is 4.63. The third-order valence-electron chi connectivity index (χ3n) is 6.83. The predicted octanol–water partition coefficient (Wildman–Crippen LogP) is 3.29. The lowest BCUT2D eigenvalue weighted by Gasteiger charge is -2.39. The summed E-state index contributed by atoms with van der Waals surface area (Å²) in [5.74, 6) is 0. The van der Waals surface area contributed by atoms with Gasteiger partial charge in [-0.15, -0.1) is 0 Å². The fourth-order valence-electron chi connectivity index (χ4n) is 4.63. The number of aromatic nitrogens is 2. The van der Waals surface area contributed by atoms with Crippen LogP contribution in [0.3, 0.4) is 0 Å². The number of nitrogens with zero attached hydrogens (tertiary/aromatic N) is 3. The molecule has 7 nitrogen and oxygen atoms in total. The van der Waals surface area contributed by atoms with Crippen LogP contribution in [0.4, 0.5) is 4.79 Å². The highest BCUT2D eigenvalue weighted by molar-refractivity contribution is 6.62. The Bertz CT molecular complexity index is 755. The third-order valence-corrected chi connectivity index (χ3v) is 6.83. The number of fused-ring (bicyclic) bond motifs is 2. The minimum absolute atomic E-state index is 0.179. The summed E-state index contributed by atoms with van der Waals surface area (Å²) in [4.78, 5) is 14.6. The second-order valence-corrected chi connectivity index (χ2v) is 10.7. The van der Waals surface area contributed by atoms with Gasteiger partial charge in [-0.3, -0.25) is 4.68 Å². The summed E-state index contributed by atoms with van der Waals surface area (Å²) in [5.41, 5.74) is -0.243. The van der Waals surface area contributed by atoms with Crippen LogP contribution >= 0.6 is 0 Å². The maximum atomic E-state index is 12.7. The van der Waals surface area contributed by atoms with Gasteiger partial charge in [0.15, 0.2) is 0 Å². The Labute approximate surface area is 174 Å². The highest BCUT2D eigenvalue weighted by Gasteiger charge is 2.52. The maximum Gasteiger partial charge on any atom is 0.498 e. The van der Waals surface area contributed by atoms with E-state index in [2.05, 4.69) is 39.0 Å². The Morgan fingerprint density at radius 3 is 2.17 bits per heavy atom. The summed E-state index contributed by atoms with van der Waals surface area (Å²) >= 11 is 0. The summed E-state index contributed by atoms with van der Waals surface area (Å²) < 4.78 is 20.0. The Morgan fingerprint density at radius 1 is 1.10 bits per heavy atom. The van der Waals surface area contributed by atoms with Gasteiger partial charge in [-0.2, -0.15) is 5.10 Å². The molecule has 1 aromatic rings. The van der Waals surface area contributed by atoms with E-state index in [0.717, 1.165) is 31.1 Å². The molecule has 0 aromatic carbocycles. The molecule has 1 aromatic heterocycles. The average molecular weight is 403 g/mol. The van der Waals surface area contributed by atoms with Crippen molar-refractivity contribution in [2.24, 2.45) is 0 Å². The van der Waals surface area contributed by atoms with E-state index in [4.69, 9.17) is 14.0 Å². The van der Waals surface area contributed by atoms with E-state index in [1.54, 1.807) is 0 Å². The van der Waals surface area contributed by atoms with Crippen molar-refractivity contribution in [1.82, 2.24) is 14.7 Å². The molecule has 1 amide bonds. The lowest BCUT2D eigenvalue weighted by atomic mass is 9.82. The second-order valence-electron chi connectivity index (χ2n) is 10.7. The first kappa shape index (κ1) is 20.7. The van der Waals surface area contributed by atoms with Crippen molar-refractivity contribution in [3.05, 3.63) is 12.4 Å². The highest BCUT2D eigenvalue weighted by atomic mass is 16.7. The summed E-state index contributed by atoms with van der Waals surface area (Å²) in [7, 11) is -0.396. The quantitative estimate of drug-likeness (QED) is 0.709. The van der Waals surface area contributed by atoms with Gasteiger partial charge in [-0.25, -0.2) is 4.79 Å². The number of hydrogen-bond donors (Lipinski definition) is 0. The van der Waals surface area contributed by atoms with Crippen molar-refractivity contribution >= 4 is 18.7 Å². The van der Waals surface area contributed by atoms with Gasteiger partial charge in [0.25, 0.3) is 0 Å². The first-order valence-corrected chi connectivity index (χ1v) is 10.8. The van der Waals surface area contributed by atoms with E-state index in [1.807, 2.05) is 36.5 Å². The summed E-state index contributed by atoms with van der Waals surface area (Å²) in [5, 5.41) is 4.63. The number of carbonyl (C=O) groups excluding carboxylic acids is 1. The molecule has 3 atom stereocenters. The minimum Gasteiger partial charge on any atom is -0.444 e. The molecule has 4 heterocycles. The van der Waals surface area contributed by atoms with Crippen LogP contribution < -0.4 is 5.46 Å². The molecule has 3 aliphatic heterocycles. The van der Waals surface area contributed by atoms with Crippen LogP contribution in [0, 0.1) is 0 Å². The van der Waals surface area contributed by atoms with Gasteiger partial charge >= 0.3 is 13.2 Å². The zero-order chi connectivity index (χ0) is 21.2. The molecule has 0 radical (unpaired) electrons. The van der Waals surface area contributed by atoms with Gasteiger partial charge in [0, 0.05) is 29.9 Å². The van der Waals surface area contributed by atoms with Crippen molar-refractivity contribution in [3.63, 3.8) is 0 Å². The number of rotatable bonds is 2. The Morgan fingerprint density at radius 2 is 1.66 bits per heavy atom. The zero-order valence-corrected chi connectivity index (χ0v) is 18.8. The SMILES string of the molecule is CC(C)(C)OC(=O)N1[C@@H]2CC[C@H]1C[C@H](n1cc(B3OC(C)(C)C(C)(C)O3)cn1)C2. The van der Waals surface area contributed by atoms with Gasteiger partial charge in [0.05, 0.1) is 17.2 Å². The van der Waals surface area contributed by atoms with E-state index in [-0.39, 0.29) is 35.4 Å². The molecule has 0 aliphatic carbocycles. The molecule has 160 valence electrons. The van der Waals surface area contributed by atoms with Crippen LogP contribution in [-0.2, 0) is 14.0 Å². The molecule has 3 aliphatic rings. The second kappa shape index (κ2) is 6.74. The normalized spacial score (nSPS) is 30.7. The van der Waals surface area contributed by atoms with E-state index in [9.17, 15) is 4.79 Å². The first-order chi connectivity index (χ1) is 13.4. The fraction of sp³-hybridized carbons (Fsp3) is 0.810. The number of carbonyl (C=O) groups is 1. The van der Waals surface area contributed by atoms with E-state index >= 15 is 0 Å². The molecule has 0 unspecified atom stereocenters. The van der Waals surface area contributed by atoms with Crippen molar-refractivity contribution < 1.29 is 18.8 Å². The van der Waals surface area contributed by atoms with Crippen molar-refractivity contribution in [3.8, 4) is 0 Å². The van der Waals surface area contributed by atoms with Crippen LogP contribution in [0.5, 0.6) is 0 Å². The third kappa shape index (κ3) is 3.81. The zero-order valence-electron chi connectivity index (χ0n) is 18.8. The van der Waals surface area contributed by atoms with Crippen LogP contribution in [0.25, 0.3) is 0 Å². The molecular weight excluding hydrogens is 369 g/mol. The van der Waals surface area contributed by atoms with Gasteiger partial charge in [-0.05, 0) is 74.1 Å². The first-order valence-electron chi connectivity index (χ1n) is 10.8. The largest absolute Gasteiger partial charge is 0.498 e. The molecule has 8 heteroatoms. The number of ether oxygens (including phenoxy) is 1. The van der Waals surface area contributed by atoms with Crippen LogP contribution in [-0.4, -0.2) is 56.8 Å². The van der Waals surface area contributed by atoms with Crippen LogP contribution in [0.2, 0.25) is 0 Å². The average Bonchev–Trinajstić information content (AvgIpc) is 3.20. The lowest BCUT2D eigenvalue weighted by molar-refractivity contribution is 0.00232. The van der Waals surface area contributed by atoms with Crippen LogP contribution in [0.15, 0.2) is 12.4 Å².